The molecule has 2 atom stereocenters. The van der Waals surface area contributed by atoms with E-state index in [1.807, 2.05) is 0 Å². The second-order valence-electron chi connectivity index (χ2n) is 7.86. The number of rotatable bonds is 2. The molecule has 24 heavy (non-hydrogen) atoms. The highest BCUT2D eigenvalue weighted by molar-refractivity contribution is 5.85. The van der Waals surface area contributed by atoms with Crippen LogP contribution < -0.4 is 5.32 Å². The summed E-state index contributed by atoms with van der Waals surface area (Å²) in [5.41, 5.74) is 1.72. The van der Waals surface area contributed by atoms with Gasteiger partial charge in [-0.15, -0.1) is 12.4 Å². The van der Waals surface area contributed by atoms with Crippen molar-refractivity contribution in [1.29, 1.82) is 0 Å². The molecule has 3 aliphatic rings. The van der Waals surface area contributed by atoms with Crippen LogP contribution in [0.3, 0.4) is 0 Å². The predicted molar refractivity (Wildman–Crippen MR) is 98.7 cm³/mol. The Morgan fingerprint density at radius 2 is 1.79 bits per heavy atom. The lowest BCUT2D eigenvalue weighted by atomic mass is 9.69. The van der Waals surface area contributed by atoms with E-state index in [9.17, 15) is 0 Å². The summed E-state index contributed by atoms with van der Waals surface area (Å²) in [4.78, 5) is 0. The first-order chi connectivity index (χ1) is 11.2. The van der Waals surface area contributed by atoms with Gasteiger partial charge in [0.1, 0.15) is 0 Å². The fourth-order valence-corrected chi connectivity index (χ4v) is 4.55. The molecule has 1 aromatic rings. The van der Waals surface area contributed by atoms with Crippen LogP contribution in [0.1, 0.15) is 57.4 Å². The molecule has 2 saturated heterocycles. The number of halogens is 1. The lowest BCUT2D eigenvalue weighted by Gasteiger charge is -2.42. The van der Waals surface area contributed by atoms with Gasteiger partial charge in [0.05, 0.1) is 12.7 Å². The molecule has 1 saturated carbocycles. The first-order valence-electron chi connectivity index (χ1n) is 9.30. The fourth-order valence-electron chi connectivity index (χ4n) is 4.55. The van der Waals surface area contributed by atoms with Gasteiger partial charge in [0, 0.05) is 18.9 Å². The van der Waals surface area contributed by atoms with E-state index in [-0.39, 0.29) is 29.7 Å². The summed E-state index contributed by atoms with van der Waals surface area (Å²) in [6.07, 6.45) is 8.40. The average molecular weight is 352 g/mol. The summed E-state index contributed by atoms with van der Waals surface area (Å²) in [7, 11) is 0. The van der Waals surface area contributed by atoms with Gasteiger partial charge >= 0.3 is 0 Å². The van der Waals surface area contributed by atoms with Crippen LogP contribution in [0.25, 0.3) is 0 Å². The molecule has 1 aromatic carbocycles. The van der Waals surface area contributed by atoms with Crippen molar-refractivity contribution in [2.75, 3.05) is 13.2 Å². The van der Waals surface area contributed by atoms with Crippen LogP contribution in [0.2, 0.25) is 0 Å². The minimum absolute atomic E-state index is 0. The Kier molecular flexibility index (Phi) is 5.55. The van der Waals surface area contributed by atoms with Gasteiger partial charge in [-0.3, -0.25) is 0 Å². The Bertz CT molecular complexity index is 522. The normalized spacial score (nSPS) is 39.5. The molecule has 3 nitrogen and oxygen atoms in total. The first kappa shape index (κ1) is 18.2. The number of hydrogen-bond donors (Lipinski definition) is 1. The third kappa shape index (κ3) is 3.50. The van der Waals surface area contributed by atoms with E-state index < -0.39 is 0 Å². The Hall–Kier alpha value is -0.610. The zero-order chi connectivity index (χ0) is 15.8. The molecule has 2 unspecified atom stereocenters. The van der Waals surface area contributed by atoms with E-state index in [1.165, 1.54) is 24.8 Å². The molecule has 4 heteroatoms. The maximum absolute atomic E-state index is 6.47. The zero-order valence-electron chi connectivity index (χ0n) is 14.6. The van der Waals surface area contributed by atoms with Crippen molar-refractivity contribution in [3.8, 4) is 0 Å². The zero-order valence-corrected chi connectivity index (χ0v) is 15.4. The minimum atomic E-state index is -0.307. The summed E-state index contributed by atoms with van der Waals surface area (Å²) in [6, 6.07) is 11.4. The molecule has 0 aromatic heterocycles. The maximum atomic E-state index is 6.47. The highest BCUT2D eigenvalue weighted by Gasteiger charge is 2.49. The van der Waals surface area contributed by atoms with E-state index in [2.05, 4.69) is 42.6 Å². The van der Waals surface area contributed by atoms with Gasteiger partial charge in [-0.25, -0.2) is 0 Å². The van der Waals surface area contributed by atoms with Gasteiger partial charge in [0.15, 0.2) is 5.79 Å². The molecule has 2 heterocycles. The van der Waals surface area contributed by atoms with Crippen molar-refractivity contribution >= 4 is 12.4 Å². The summed E-state index contributed by atoms with van der Waals surface area (Å²) < 4.78 is 12.7. The Morgan fingerprint density at radius 3 is 2.46 bits per heavy atom. The summed E-state index contributed by atoms with van der Waals surface area (Å²) >= 11 is 0. The van der Waals surface area contributed by atoms with Crippen LogP contribution in [-0.2, 0) is 14.9 Å². The van der Waals surface area contributed by atoms with Crippen LogP contribution in [0, 0.1) is 0 Å². The van der Waals surface area contributed by atoms with Crippen LogP contribution in [0.15, 0.2) is 30.3 Å². The molecule has 1 aliphatic carbocycles. The molecule has 1 N–H and O–H groups in total. The second-order valence-corrected chi connectivity index (χ2v) is 7.86. The maximum Gasteiger partial charge on any atom is 0.169 e. The Balaban J connectivity index is 0.00000169. The molecule has 3 fully saturated rings. The molecule has 0 radical (unpaired) electrons. The molecule has 1 spiro atoms. The first-order valence-corrected chi connectivity index (χ1v) is 9.30. The third-order valence-corrected chi connectivity index (χ3v) is 6.26. The van der Waals surface area contributed by atoms with Crippen molar-refractivity contribution in [3.63, 3.8) is 0 Å². The Labute approximate surface area is 151 Å². The quantitative estimate of drug-likeness (QED) is 0.866. The van der Waals surface area contributed by atoms with Gasteiger partial charge in [-0.05, 0) is 43.2 Å². The molecular formula is C20H30ClNO2. The van der Waals surface area contributed by atoms with Crippen molar-refractivity contribution in [2.24, 2.45) is 0 Å². The topological polar surface area (TPSA) is 30.5 Å². The summed E-state index contributed by atoms with van der Waals surface area (Å²) in [5.74, 6) is -0.307. The number of benzene rings is 1. The smallest absolute Gasteiger partial charge is 0.169 e. The van der Waals surface area contributed by atoms with Crippen molar-refractivity contribution < 1.29 is 9.47 Å². The standard InChI is InChI=1S/C20H29NO2.ClH/c1-19(16-7-3-2-4-8-16)10-12-20(13-11-19)22-15-18(23-20)17-9-5-6-14-21-17;/h2-4,7-8,17-18,21H,5-6,9-15H2,1H3;1H. The van der Waals surface area contributed by atoms with Gasteiger partial charge in [0.25, 0.3) is 0 Å². The van der Waals surface area contributed by atoms with Crippen molar-refractivity contribution in [2.45, 2.75) is 75.2 Å². The molecule has 0 amide bonds. The van der Waals surface area contributed by atoms with E-state index in [0.29, 0.717) is 6.04 Å². The van der Waals surface area contributed by atoms with Gasteiger partial charge in [0.2, 0.25) is 0 Å². The van der Waals surface area contributed by atoms with E-state index in [1.54, 1.807) is 0 Å². The number of ether oxygens (including phenoxy) is 2. The largest absolute Gasteiger partial charge is 0.347 e. The highest BCUT2D eigenvalue weighted by atomic mass is 35.5. The third-order valence-electron chi connectivity index (χ3n) is 6.26. The van der Waals surface area contributed by atoms with Crippen LogP contribution in [-0.4, -0.2) is 31.1 Å². The van der Waals surface area contributed by atoms with Crippen LogP contribution in [0.4, 0.5) is 0 Å². The lowest BCUT2D eigenvalue weighted by molar-refractivity contribution is -0.196. The molecular weight excluding hydrogens is 322 g/mol. The van der Waals surface area contributed by atoms with E-state index in [0.717, 1.165) is 38.8 Å². The number of nitrogens with one attached hydrogen (secondary N) is 1. The van der Waals surface area contributed by atoms with Gasteiger partial charge in [-0.1, -0.05) is 43.7 Å². The SMILES string of the molecule is CC1(c2ccccc2)CCC2(CC1)OCC(C1CCCCN1)O2.Cl. The van der Waals surface area contributed by atoms with Gasteiger partial charge in [-0.2, -0.15) is 0 Å². The molecule has 2 aliphatic heterocycles. The van der Waals surface area contributed by atoms with E-state index >= 15 is 0 Å². The average Bonchev–Trinajstić information content (AvgIpc) is 3.04. The van der Waals surface area contributed by atoms with Crippen LogP contribution >= 0.6 is 12.4 Å². The monoisotopic (exact) mass is 351 g/mol. The fraction of sp³-hybridized carbons (Fsp3) is 0.700. The Morgan fingerprint density at radius 1 is 1.04 bits per heavy atom. The summed E-state index contributed by atoms with van der Waals surface area (Å²) in [5, 5.41) is 3.62. The molecule has 134 valence electrons. The van der Waals surface area contributed by atoms with Crippen molar-refractivity contribution in [1.82, 2.24) is 5.32 Å². The van der Waals surface area contributed by atoms with Crippen molar-refractivity contribution in [3.05, 3.63) is 35.9 Å². The number of piperidine rings is 1. The molecule has 4 rings (SSSR count). The molecule has 0 bridgehead atoms. The minimum Gasteiger partial charge on any atom is -0.347 e. The second kappa shape index (κ2) is 7.33. The van der Waals surface area contributed by atoms with E-state index in [4.69, 9.17) is 9.47 Å². The lowest BCUT2D eigenvalue weighted by Crippen LogP contribution is -2.46. The van der Waals surface area contributed by atoms with Gasteiger partial charge < -0.3 is 14.8 Å². The highest BCUT2D eigenvalue weighted by Crippen LogP contribution is 2.47. The predicted octanol–water partition coefficient (Wildman–Crippen LogP) is 4.19. The number of hydrogen-bond acceptors (Lipinski definition) is 3. The van der Waals surface area contributed by atoms with Crippen LogP contribution in [0.5, 0.6) is 0 Å². The summed E-state index contributed by atoms with van der Waals surface area (Å²) in [6.45, 7) is 4.29.